The number of rotatable bonds is 5. The Bertz CT molecular complexity index is 1080. The molecule has 1 aliphatic rings. The number of nitrogens with zero attached hydrogens (tertiary/aromatic N) is 3. The van der Waals surface area contributed by atoms with E-state index in [-0.39, 0.29) is 17.0 Å². The highest BCUT2D eigenvalue weighted by Gasteiger charge is 2.37. The zero-order valence-electron chi connectivity index (χ0n) is 16.2. The van der Waals surface area contributed by atoms with Crippen LogP contribution in [0.2, 0.25) is 5.02 Å². The lowest BCUT2D eigenvalue weighted by atomic mass is 10.0. The summed E-state index contributed by atoms with van der Waals surface area (Å²) in [6, 6.07) is 11.3. The Balaban J connectivity index is 1.63. The zero-order chi connectivity index (χ0) is 21.3. The standard InChI is InChI=1S/C20H19ClFN5O2S/c1-3-29-14-7-4-12(5-8-14)17-18(30-20-25-24-11(2)27(20)26-17)19(28)23-13-6-9-16(22)15(21)10-13/h4-10,17-18,26H,3H2,1-2H3,(H,23,28)/t17-,18+/m1/s1. The van der Waals surface area contributed by atoms with Crippen molar-refractivity contribution in [3.63, 3.8) is 0 Å². The number of carbonyl (C=O) groups excluding carboxylic acids is 1. The molecule has 30 heavy (non-hydrogen) atoms. The Morgan fingerprint density at radius 2 is 2.07 bits per heavy atom. The summed E-state index contributed by atoms with van der Waals surface area (Å²) in [6.07, 6.45) is 0. The lowest BCUT2D eigenvalue weighted by Gasteiger charge is -2.32. The largest absolute Gasteiger partial charge is 0.494 e. The molecular weight excluding hydrogens is 429 g/mol. The molecule has 2 atom stereocenters. The van der Waals surface area contributed by atoms with Gasteiger partial charge in [-0.3, -0.25) is 4.79 Å². The number of benzene rings is 2. The van der Waals surface area contributed by atoms with E-state index in [0.29, 0.717) is 23.3 Å². The number of nitrogens with one attached hydrogen (secondary N) is 2. The maximum Gasteiger partial charge on any atom is 0.240 e. The van der Waals surface area contributed by atoms with Crippen molar-refractivity contribution in [3.8, 4) is 5.75 Å². The van der Waals surface area contributed by atoms with Crippen LogP contribution in [0.3, 0.4) is 0 Å². The third-order valence-electron chi connectivity index (χ3n) is 4.59. The van der Waals surface area contributed by atoms with Crippen molar-refractivity contribution in [1.29, 1.82) is 0 Å². The number of fused-ring (bicyclic) bond motifs is 1. The number of carbonyl (C=O) groups is 1. The van der Waals surface area contributed by atoms with Gasteiger partial charge in [0.1, 0.15) is 22.6 Å². The maximum absolute atomic E-state index is 13.4. The molecule has 1 amide bonds. The molecule has 0 aliphatic carbocycles. The van der Waals surface area contributed by atoms with Gasteiger partial charge < -0.3 is 15.5 Å². The molecule has 0 saturated carbocycles. The molecule has 0 fully saturated rings. The molecule has 156 valence electrons. The Morgan fingerprint density at radius 3 is 2.77 bits per heavy atom. The lowest BCUT2D eigenvalue weighted by molar-refractivity contribution is -0.116. The van der Waals surface area contributed by atoms with E-state index in [0.717, 1.165) is 11.3 Å². The third kappa shape index (κ3) is 4.08. The molecule has 2 N–H and O–H groups in total. The molecule has 10 heteroatoms. The summed E-state index contributed by atoms with van der Waals surface area (Å²) in [5.74, 6) is 0.644. The number of halogens is 2. The summed E-state index contributed by atoms with van der Waals surface area (Å²) in [6.45, 7) is 4.33. The van der Waals surface area contributed by atoms with Gasteiger partial charge in [-0.15, -0.1) is 10.2 Å². The third-order valence-corrected chi connectivity index (χ3v) is 6.10. The average molecular weight is 448 g/mol. The first-order chi connectivity index (χ1) is 14.5. The molecule has 0 unspecified atom stereocenters. The minimum absolute atomic E-state index is 0.0550. The van der Waals surface area contributed by atoms with Gasteiger partial charge >= 0.3 is 0 Å². The second-order valence-corrected chi connectivity index (χ2v) is 8.15. The fourth-order valence-electron chi connectivity index (χ4n) is 3.14. The first-order valence-corrected chi connectivity index (χ1v) is 10.6. The van der Waals surface area contributed by atoms with Crippen LogP contribution >= 0.6 is 23.4 Å². The predicted octanol–water partition coefficient (Wildman–Crippen LogP) is 4.18. The van der Waals surface area contributed by atoms with Crippen molar-refractivity contribution in [2.24, 2.45) is 0 Å². The van der Waals surface area contributed by atoms with Crippen LogP contribution in [0.15, 0.2) is 47.6 Å². The molecular formula is C20H19ClFN5O2S. The smallest absolute Gasteiger partial charge is 0.240 e. The number of aromatic nitrogens is 3. The molecule has 1 aromatic heterocycles. The van der Waals surface area contributed by atoms with Crippen molar-refractivity contribution in [2.75, 3.05) is 17.3 Å². The van der Waals surface area contributed by atoms with Crippen LogP contribution in [0, 0.1) is 12.7 Å². The van der Waals surface area contributed by atoms with Crippen LogP contribution in [0.5, 0.6) is 5.75 Å². The van der Waals surface area contributed by atoms with Gasteiger partial charge in [0.2, 0.25) is 11.1 Å². The fourth-order valence-corrected chi connectivity index (χ4v) is 4.44. The van der Waals surface area contributed by atoms with Crippen molar-refractivity contribution < 1.29 is 13.9 Å². The van der Waals surface area contributed by atoms with Crippen LogP contribution in [-0.2, 0) is 4.79 Å². The normalized spacial score (nSPS) is 17.7. The van der Waals surface area contributed by atoms with Gasteiger partial charge in [-0.1, -0.05) is 35.5 Å². The van der Waals surface area contributed by atoms with E-state index < -0.39 is 11.1 Å². The number of amides is 1. The Hall–Kier alpha value is -2.78. The average Bonchev–Trinajstić information content (AvgIpc) is 3.11. The second kappa shape index (κ2) is 8.53. The summed E-state index contributed by atoms with van der Waals surface area (Å²) in [5.41, 5.74) is 4.66. The molecule has 0 spiro atoms. The molecule has 0 saturated heterocycles. The quantitative estimate of drug-likeness (QED) is 0.610. The highest BCUT2D eigenvalue weighted by atomic mass is 35.5. The van der Waals surface area contributed by atoms with Crippen molar-refractivity contribution in [2.45, 2.75) is 30.3 Å². The molecule has 2 heterocycles. The van der Waals surface area contributed by atoms with Crippen LogP contribution in [-0.4, -0.2) is 32.6 Å². The molecule has 1 aliphatic heterocycles. The highest BCUT2D eigenvalue weighted by Crippen LogP contribution is 2.38. The SMILES string of the molecule is CCOc1ccc([C@H]2Nn3c(C)nnc3S[C@@H]2C(=O)Nc2ccc(F)c(Cl)c2)cc1. The topological polar surface area (TPSA) is 81.1 Å². The van der Waals surface area contributed by atoms with Gasteiger partial charge in [0.15, 0.2) is 0 Å². The number of hydrogen-bond acceptors (Lipinski definition) is 6. The minimum Gasteiger partial charge on any atom is -0.494 e. The van der Waals surface area contributed by atoms with Crippen molar-refractivity contribution in [3.05, 3.63) is 64.7 Å². The van der Waals surface area contributed by atoms with E-state index in [9.17, 15) is 9.18 Å². The van der Waals surface area contributed by atoms with Gasteiger partial charge in [-0.05, 0) is 49.7 Å². The summed E-state index contributed by atoms with van der Waals surface area (Å²) in [7, 11) is 0. The van der Waals surface area contributed by atoms with Crippen molar-refractivity contribution >= 4 is 35.0 Å². The van der Waals surface area contributed by atoms with Crippen LogP contribution in [0.4, 0.5) is 10.1 Å². The van der Waals surface area contributed by atoms with E-state index in [1.54, 1.807) is 4.68 Å². The fraction of sp³-hybridized carbons (Fsp3) is 0.250. The van der Waals surface area contributed by atoms with E-state index in [1.165, 1.54) is 30.0 Å². The summed E-state index contributed by atoms with van der Waals surface area (Å²) in [5, 5.41) is 11.0. The van der Waals surface area contributed by atoms with E-state index in [1.807, 2.05) is 38.1 Å². The maximum atomic E-state index is 13.4. The molecule has 3 aromatic rings. The monoisotopic (exact) mass is 447 g/mol. The van der Waals surface area contributed by atoms with E-state index in [4.69, 9.17) is 16.3 Å². The van der Waals surface area contributed by atoms with Crippen LogP contribution in [0.25, 0.3) is 0 Å². The first kappa shape index (κ1) is 20.5. The lowest BCUT2D eigenvalue weighted by Crippen LogP contribution is -2.41. The molecule has 0 bridgehead atoms. The van der Waals surface area contributed by atoms with Crippen molar-refractivity contribution in [1.82, 2.24) is 14.9 Å². The van der Waals surface area contributed by atoms with Gasteiger partial charge in [0.05, 0.1) is 17.7 Å². The Morgan fingerprint density at radius 1 is 1.30 bits per heavy atom. The molecule has 4 rings (SSSR count). The predicted molar refractivity (Wildman–Crippen MR) is 114 cm³/mol. The van der Waals surface area contributed by atoms with E-state index in [2.05, 4.69) is 20.9 Å². The van der Waals surface area contributed by atoms with Crippen LogP contribution in [0.1, 0.15) is 24.4 Å². The minimum atomic E-state index is -0.553. The van der Waals surface area contributed by atoms with Gasteiger partial charge in [-0.25, -0.2) is 9.07 Å². The Labute approximate surface area is 181 Å². The summed E-state index contributed by atoms with van der Waals surface area (Å²) in [4.78, 5) is 13.1. The number of hydrogen-bond donors (Lipinski definition) is 2. The van der Waals surface area contributed by atoms with Gasteiger partial charge in [-0.2, -0.15) is 0 Å². The van der Waals surface area contributed by atoms with Gasteiger partial charge in [0, 0.05) is 5.69 Å². The zero-order valence-corrected chi connectivity index (χ0v) is 17.8. The number of thioether (sulfide) groups is 1. The number of aryl methyl sites for hydroxylation is 1. The number of ether oxygens (including phenoxy) is 1. The molecule has 0 radical (unpaired) electrons. The van der Waals surface area contributed by atoms with Gasteiger partial charge in [0.25, 0.3) is 0 Å². The first-order valence-electron chi connectivity index (χ1n) is 9.30. The number of anilines is 1. The van der Waals surface area contributed by atoms with Crippen LogP contribution < -0.4 is 15.5 Å². The summed E-state index contributed by atoms with van der Waals surface area (Å²) < 4.78 is 20.7. The summed E-state index contributed by atoms with van der Waals surface area (Å²) >= 11 is 7.15. The van der Waals surface area contributed by atoms with E-state index >= 15 is 0 Å². The second-order valence-electron chi connectivity index (χ2n) is 6.63. The highest BCUT2D eigenvalue weighted by molar-refractivity contribution is 8.00. The molecule has 2 aromatic carbocycles. The Kier molecular flexibility index (Phi) is 5.83. The molecule has 7 nitrogen and oxygen atoms in total.